The number of carbonyl (C=O) groups is 1. The van der Waals surface area contributed by atoms with Crippen LogP contribution < -0.4 is 10.1 Å². The zero-order valence-electron chi connectivity index (χ0n) is 26.0. The van der Waals surface area contributed by atoms with Gasteiger partial charge in [-0.2, -0.15) is 0 Å². The molecule has 1 aliphatic rings. The summed E-state index contributed by atoms with van der Waals surface area (Å²) < 4.78 is 7.70. The number of hydrogen-bond acceptors (Lipinski definition) is 5. The fourth-order valence-corrected chi connectivity index (χ4v) is 5.54. The molecule has 2 heterocycles. The molecule has 1 amide bonds. The van der Waals surface area contributed by atoms with Crippen molar-refractivity contribution in [2.45, 2.75) is 79.3 Å². The maximum Gasteiger partial charge on any atom is 0.253 e. The van der Waals surface area contributed by atoms with E-state index in [4.69, 9.17) is 9.72 Å². The lowest BCUT2D eigenvalue weighted by atomic mass is 10.1. The number of benzene rings is 2. The number of aryl methyl sites for hydroxylation is 1. The molecule has 0 spiro atoms. The number of piperidine rings is 1. The lowest BCUT2D eigenvalue weighted by Gasteiger charge is -2.26. The van der Waals surface area contributed by atoms with Crippen LogP contribution in [0.1, 0.15) is 82.1 Å². The van der Waals surface area contributed by atoms with Gasteiger partial charge in [-0.15, -0.1) is 0 Å². The molecule has 0 unspecified atom stereocenters. The SMILES string of the molecule is COc1cccc(CNc2nc3ccc(C(=O)N(CCC(C)C)CCC(C)C)cc3n2CCCN2CCCCC2)c1. The summed E-state index contributed by atoms with van der Waals surface area (Å²) in [7, 11) is 1.69. The number of nitrogens with one attached hydrogen (secondary N) is 1. The summed E-state index contributed by atoms with van der Waals surface area (Å²) in [6.07, 6.45) is 7.03. The van der Waals surface area contributed by atoms with Crippen molar-refractivity contribution in [3.8, 4) is 5.75 Å². The van der Waals surface area contributed by atoms with Crippen LogP contribution in [0.15, 0.2) is 42.5 Å². The van der Waals surface area contributed by atoms with Crippen LogP contribution in [0.3, 0.4) is 0 Å². The van der Waals surface area contributed by atoms with Crippen LogP contribution in [0.4, 0.5) is 5.95 Å². The van der Waals surface area contributed by atoms with Crippen molar-refractivity contribution in [1.82, 2.24) is 19.4 Å². The van der Waals surface area contributed by atoms with Crippen molar-refractivity contribution in [3.63, 3.8) is 0 Å². The molecule has 0 aliphatic carbocycles. The van der Waals surface area contributed by atoms with E-state index in [2.05, 4.69) is 65.6 Å². The normalized spacial score (nSPS) is 14.2. The summed E-state index contributed by atoms with van der Waals surface area (Å²) in [5, 5.41) is 3.58. The van der Waals surface area contributed by atoms with Crippen molar-refractivity contribution in [1.29, 1.82) is 0 Å². The van der Waals surface area contributed by atoms with Crippen LogP contribution in [-0.2, 0) is 13.1 Å². The smallest absolute Gasteiger partial charge is 0.253 e. The number of likely N-dealkylation sites (tertiary alicyclic amines) is 1. The predicted molar refractivity (Wildman–Crippen MR) is 170 cm³/mol. The monoisotopic (exact) mass is 561 g/mol. The second kappa shape index (κ2) is 15.2. The summed E-state index contributed by atoms with van der Waals surface area (Å²) in [5.41, 5.74) is 3.83. The first-order valence-corrected chi connectivity index (χ1v) is 15.7. The summed E-state index contributed by atoms with van der Waals surface area (Å²) in [6, 6.07) is 14.2. The molecule has 1 fully saturated rings. The van der Waals surface area contributed by atoms with Crippen LogP contribution in [0.2, 0.25) is 0 Å². The van der Waals surface area contributed by atoms with Gasteiger partial charge in [-0.3, -0.25) is 4.79 Å². The summed E-state index contributed by atoms with van der Waals surface area (Å²) in [6.45, 7) is 15.5. The molecule has 4 rings (SSSR count). The number of rotatable bonds is 15. The second-order valence-corrected chi connectivity index (χ2v) is 12.4. The molecule has 7 nitrogen and oxygen atoms in total. The lowest BCUT2D eigenvalue weighted by molar-refractivity contribution is 0.0741. The van der Waals surface area contributed by atoms with Crippen LogP contribution in [-0.4, -0.2) is 65.1 Å². The number of anilines is 1. The summed E-state index contributed by atoms with van der Waals surface area (Å²) in [4.78, 5) is 23.4. The van der Waals surface area contributed by atoms with Gasteiger partial charge in [0.1, 0.15) is 5.75 Å². The Hall–Kier alpha value is -3.06. The highest BCUT2D eigenvalue weighted by atomic mass is 16.5. The van der Waals surface area contributed by atoms with Gasteiger partial charge in [-0.05, 0) is 99.5 Å². The molecule has 1 saturated heterocycles. The van der Waals surface area contributed by atoms with E-state index in [1.807, 2.05) is 24.3 Å². The standard InChI is InChI=1S/C34H51N5O2/c1-26(2)15-21-38(22-16-27(3)4)33(40)29-13-14-31-32(24-29)39(20-10-19-37-17-7-6-8-18-37)34(36-31)35-25-28-11-9-12-30(23-28)41-5/h9,11-14,23-24,26-27H,6-8,10,15-22,25H2,1-5H3,(H,35,36). The van der Waals surface area contributed by atoms with Gasteiger partial charge < -0.3 is 24.4 Å². The first kappa shape index (κ1) is 30.9. The van der Waals surface area contributed by atoms with E-state index in [9.17, 15) is 4.79 Å². The third kappa shape index (κ3) is 8.96. The van der Waals surface area contributed by atoms with Crippen LogP contribution >= 0.6 is 0 Å². The van der Waals surface area contributed by atoms with E-state index in [0.717, 1.165) is 79.3 Å². The topological polar surface area (TPSA) is 62.6 Å². The van der Waals surface area contributed by atoms with Gasteiger partial charge in [0.25, 0.3) is 5.91 Å². The van der Waals surface area contributed by atoms with E-state index in [0.29, 0.717) is 18.4 Å². The Morgan fingerprint density at radius 2 is 1.71 bits per heavy atom. The molecule has 0 bridgehead atoms. The van der Waals surface area contributed by atoms with Crippen LogP contribution in [0, 0.1) is 11.8 Å². The minimum Gasteiger partial charge on any atom is -0.497 e. The summed E-state index contributed by atoms with van der Waals surface area (Å²) in [5.74, 6) is 2.95. The van der Waals surface area contributed by atoms with Gasteiger partial charge in [0.05, 0.1) is 18.1 Å². The van der Waals surface area contributed by atoms with Gasteiger partial charge in [-0.25, -0.2) is 4.98 Å². The van der Waals surface area contributed by atoms with E-state index in [-0.39, 0.29) is 5.91 Å². The molecule has 0 atom stereocenters. The fourth-order valence-electron chi connectivity index (χ4n) is 5.54. The third-order valence-electron chi connectivity index (χ3n) is 8.12. The Kier molecular flexibility index (Phi) is 11.5. The zero-order valence-corrected chi connectivity index (χ0v) is 26.0. The highest BCUT2D eigenvalue weighted by Gasteiger charge is 2.20. The van der Waals surface area contributed by atoms with Crippen molar-refractivity contribution >= 4 is 22.9 Å². The largest absolute Gasteiger partial charge is 0.497 e. The first-order valence-electron chi connectivity index (χ1n) is 15.7. The molecule has 1 N–H and O–H groups in total. The van der Waals surface area contributed by atoms with Crippen molar-refractivity contribution < 1.29 is 9.53 Å². The summed E-state index contributed by atoms with van der Waals surface area (Å²) >= 11 is 0. The highest BCUT2D eigenvalue weighted by Crippen LogP contribution is 2.24. The Bertz CT molecular complexity index is 1230. The number of fused-ring (bicyclic) bond motifs is 1. The van der Waals surface area contributed by atoms with Crippen molar-refractivity contribution in [3.05, 3.63) is 53.6 Å². The maximum atomic E-state index is 13.8. The van der Waals surface area contributed by atoms with Crippen molar-refractivity contribution in [2.75, 3.05) is 45.2 Å². The Morgan fingerprint density at radius 3 is 2.39 bits per heavy atom. The highest BCUT2D eigenvalue weighted by molar-refractivity contribution is 5.97. The zero-order chi connectivity index (χ0) is 29.2. The minimum absolute atomic E-state index is 0.125. The molecular formula is C34H51N5O2. The van der Waals surface area contributed by atoms with Gasteiger partial charge in [0.2, 0.25) is 5.95 Å². The van der Waals surface area contributed by atoms with E-state index < -0.39 is 0 Å². The second-order valence-electron chi connectivity index (χ2n) is 12.4. The van der Waals surface area contributed by atoms with Gasteiger partial charge in [-0.1, -0.05) is 46.2 Å². The number of methoxy groups -OCH3 is 1. The van der Waals surface area contributed by atoms with Gasteiger partial charge in [0.15, 0.2) is 0 Å². The average Bonchev–Trinajstić information content (AvgIpc) is 3.32. The molecule has 7 heteroatoms. The quantitative estimate of drug-likeness (QED) is 0.215. The molecule has 1 aromatic heterocycles. The van der Waals surface area contributed by atoms with Gasteiger partial charge >= 0.3 is 0 Å². The molecule has 41 heavy (non-hydrogen) atoms. The Balaban J connectivity index is 1.58. The molecule has 0 saturated carbocycles. The van der Waals surface area contributed by atoms with Crippen molar-refractivity contribution in [2.24, 2.45) is 11.8 Å². The molecule has 3 aromatic rings. The maximum absolute atomic E-state index is 13.8. The number of carbonyl (C=O) groups excluding carboxylic acids is 1. The van der Waals surface area contributed by atoms with E-state index in [1.165, 1.54) is 32.4 Å². The minimum atomic E-state index is 0.125. The predicted octanol–water partition coefficient (Wildman–Crippen LogP) is 7.07. The van der Waals surface area contributed by atoms with Crippen LogP contribution in [0.5, 0.6) is 5.75 Å². The number of amides is 1. The Morgan fingerprint density at radius 1 is 0.976 bits per heavy atom. The molecule has 2 aromatic carbocycles. The van der Waals surface area contributed by atoms with Crippen LogP contribution in [0.25, 0.3) is 11.0 Å². The molecule has 1 aliphatic heterocycles. The first-order chi connectivity index (χ1) is 19.8. The number of aromatic nitrogens is 2. The third-order valence-corrected chi connectivity index (χ3v) is 8.12. The fraction of sp³-hybridized carbons (Fsp3) is 0.588. The molecule has 224 valence electrons. The number of nitrogens with zero attached hydrogens (tertiary/aromatic N) is 4. The van der Waals surface area contributed by atoms with E-state index in [1.54, 1.807) is 7.11 Å². The lowest BCUT2D eigenvalue weighted by Crippen LogP contribution is -2.34. The molecular weight excluding hydrogens is 510 g/mol. The van der Waals surface area contributed by atoms with Gasteiger partial charge in [0, 0.05) is 31.7 Å². The number of ether oxygens (including phenoxy) is 1. The number of hydrogen-bond donors (Lipinski definition) is 1. The average molecular weight is 562 g/mol. The van der Waals surface area contributed by atoms with E-state index >= 15 is 0 Å². The Labute approximate surface area is 247 Å². The molecule has 0 radical (unpaired) electrons. The number of imidazole rings is 1.